The summed E-state index contributed by atoms with van der Waals surface area (Å²) in [6, 6.07) is 6.46. The Morgan fingerprint density at radius 1 is 1.16 bits per heavy atom. The molecule has 0 aliphatic heterocycles. The van der Waals surface area contributed by atoms with Crippen molar-refractivity contribution in [3.05, 3.63) is 24.3 Å². The molecule has 0 heterocycles. The fourth-order valence-electron chi connectivity index (χ4n) is 2.05. The first-order chi connectivity index (χ1) is 11.6. The van der Waals surface area contributed by atoms with Crippen molar-refractivity contribution in [1.29, 1.82) is 0 Å². The third kappa shape index (κ3) is 8.05. The normalized spacial score (nSPS) is 10.7. The van der Waals surface area contributed by atoms with Gasteiger partial charge in [0.05, 0.1) is 13.7 Å². The van der Waals surface area contributed by atoms with E-state index < -0.39 is 23.4 Å². The van der Waals surface area contributed by atoms with Crippen LogP contribution in [-0.2, 0) is 9.59 Å². The van der Waals surface area contributed by atoms with E-state index in [0.29, 0.717) is 11.4 Å². The Hall–Kier alpha value is -2.77. The summed E-state index contributed by atoms with van der Waals surface area (Å²) in [6.07, 6.45) is 0.0908. The van der Waals surface area contributed by atoms with E-state index in [1.807, 2.05) is 20.8 Å². The summed E-state index contributed by atoms with van der Waals surface area (Å²) in [5.41, 5.74) is 5.46. The van der Waals surface area contributed by atoms with Gasteiger partial charge in [-0.05, 0) is 45.0 Å². The molecule has 0 aliphatic carbocycles. The third-order valence-corrected chi connectivity index (χ3v) is 3.14. The molecule has 25 heavy (non-hydrogen) atoms. The van der Waals surface area contributed by atoms with Gasteiger partial charge in [0.2, 0.25) is 11.8 Å². The molecular weight excluding hydrogens is 324 g/mol. The lowest BCUT2D eigenvalue weighted by Gasteiger charge is -2.25. The van der Waals surface area contributed by atoms with Crippen LogP contribution >= 0.6 is 0 Å². The minimum atomic E-state index is -0.568. The maximum absolute atomic E-state index is 12.1. The lowest BCUT2D eigenvalue weighted by Crippen LogP contribution is -2.50. The second-order valence-corrected chi connectivity index (χ2v) is 6.59. The van der Waals surface area contributed by atoms with Crippen molar-refractivity contribution in [2.75, 3.05) is 25.1 Å². The third-order valence-electron chi connectivity index (χ3n) is 3.14. The first kappa shape index (κ1) is 20.3. The van der Waals surface area contributed by atoms with Crippen molar-refractivity contribution >= 4 is 23.5 Å². The van der Waals surface area contributed by atoms with Crippen LogP contribution < -0.4 is 26.0 Å². The van der Waals surface area contributed by atoms with Crippen LogP contribution in [-0.4, -0.2) is 43.6 Å². The second-order valence-electron chi connectivity index (χ2n) is 6.59. The van der Waals surface area contributed by atoms with E-state index >= 15 is 0 Å². The Morgan fingerprint density at radius 2 is 1.76 bits per heavy atom. The molecule has 0 aromatic heterocycles. The van der Waals surface area contributed by atoms with Crippen molar-refractivity contribution < 1.29 is 19.1 Å². The minimum Gasteiger partial charge on any atom is -0.497 e. The van der Waals surface area contributed by atoms with Gasteiger partial charge < -0.3 is 20.7 Å². The van der Waals surface area contributed by atoms with Crippen LogP contribution in [0.4, 0.5) is 10.5 Å². The number of imide groups is 1. The molecule has 1 rings (SSSR count). The molecule has 4 N–H and O–H groups in total. The van der Waals surface area contributed by atoms with Gasteiger partial charge in [0.15, 0.2) is 0 Å². The van der Waals surface area contributed by atoms with Crippen LogP contribution in [0.3, 0.4) is 0 Å². The summed E-state index contributed by atoms with van der Waals surface area (Å²) >= 11 is 0. The average molecular weight is 350 g/mol. The number of urea groups is 1. The first-order valence-electron chi connectivity index (χ1n) is 7.90. The highest BCUT2D eigenvalue weighted by Gasteiger charge is 2.18. The number of rotatable bonds is 7. The topological polar surface area (TPSA) is 114 Å². The summed E-state index contributed by atoms with van der Waals surface area (Å²) in [5, 5.41) is 4.92. The molecule has 0 saturated carbocycles. The number of nitrogens with two attached hydrogens (primary N) is 1. The van der Waals surface area contributed by atoms with Gasteiger partial charge in [-0.1, -0.05) is 0 Å². The van der Waals surface area contributed by atoms with Gasteiger partial charge >= 0.3 is 6.03 Å². The van der Waals surface area contributed by atoms with Gasteiger partial charge in [-0.25, -0.2) is 4.79 Å². The molecule has 0 spiro atoms. The number of primary amides is 1. The number of carbonyl (C=O) groups excluding carboxylic acids is 3. The number of anilines is 1. The molecule has 1 aromatic carbocycles. The number of amides is 4. The van der Waals surface area contributed by atoms with Crippen molar-refractivity contribution in [2.45, 2.75) is 32.7 Å². The van der Waals surface area contributed by atoms with Gasteiger partial charge in [-0.15, -0.1) is 0 Å². The summed E-state index contributed by atoms with van der Waals surface area (Å²) in [6.45, 7) is 5.61. The van der Waals surface area contributed by atoms with Crippen LogP contribution in [0.5, 0.6) is 5.75 Å². The van der Waals surface area contributed by atoms with E-state index in [1.165, 1.54) is 0 Å². The Balaban J connectivity index is 2.76. The lowest BCUT2D eigenvalue weighted by atomic mass is 10.1. The Morgan fingerprint density at radius 3 is 2.24 bits per heavy atom. The lowest BCUT2D eigenvalue weighted by molar-refractivity contribution is -0.120. The van der Waals surface area contributed by atoms with Crippen molar-refractivity contribution in [1.82, 2.24) is 10.6 Å². The molecule has 1 aromatic rings. The van der Waals surface area contributed by atoms with Gasteiger partial charge in [-0.2, -0.15) is 0 Å². The number of hydrogen-bond donors (Lipinski definition) is 3. The predicted molar refractivity (Wildman–Crippen MR) is 95.4 cm³/mol. The fraction of sp³-hybridized carbons (Fsp3) is 0.471. The molecule has 0 radical (unpaired) electrons. The van der Waals surface area contributed by atoms with Crippen molar-refractivity contribution in [3.8, 4) is 5.75 Å². The van der Waals surface area contributed by atoms with E-state index in [-0.39, 0.29) is 19.5 Å². The molecule has 4 amide bonds. The SMILES string of the molecule is COc1ccc(N(CCC(N)=O)CC(=O)NC(=O)NC(C)(C)C)cc1. The zero-order chi connectivity index (χ0) is 19.0. The number of hydrogen-bond acceptors (Lipinski definition) is 5. The number of benzene rings is 1. The molecule has 8 nitrogen and oxygen atoms in total. The minimum absolute atomic E-state index is 0.0861. The van der Waals surface area contributed by atoms with Crippen LogP contribution in [0.1, 0.15) is 27.2 Å². The van der Waals surface area contributed by atoms with Crippen molar-refractivity contribution in [3.63, 3.8) is 0 Å². The van der Waals surface area contributed by atoms with E-state index in [4.69, 9.17) is 10.5 Å². The van der Waals surface area contributed by atoms with Crippen molar-refractivity contribution in [2.24, 2.45) is 5.73 Å². The van der Waals surface area contributed by atoms with Gasteiger partial charge in [0, 0.05) is 24.2 Å². The zero-order valence-electron chi connectivity index (χ0n) is 15.1. The molecule has 8 heteroatoms. The molecule has 138 valence electrons. The maximum atomic E-state index is 12.1. The number of methoxy groups -OCH3 is 1. The van der Waals surface area contributed by atoms with Crippen LogP contribution in [0.25, 0.3) is 0 Å². The quantitative estimate of drug-likeness (QED) is 0.679. The van der Waals surface area contributed by atoms with Gasteiger partial charge in [0.1, 0.15) is 5.75 Å². The van der Waals surface area contributed by atoms with E-state index in [9.17, 15) is 14.4 Å². The summed E-state index contributed by atoms with van der Waals surface area (Å²) in [5.74, 6) is -0.279. The summed E-state index contributed by atoms with van der Waals surface area (Å²) < 4.78 is 5.10. The molecular formula is C17H26N4O4. The van der Waals surface area contributed by atoms with Crippen LogP contribution in [0.15, 0.2) is 24.3 Å². The first-order valence-corrected chi connectivity index (χ1v) is 7.90. The molecule has 0 unspecified atom stereocenters. The fourth-order valence-corrected chi connectivity index (χ4v) is 2.05. The average Bonchev–Trinajstić information content (AvgIpc) is 2.49. The van der Waals surface area contributed by atoms with Crippen LogP contribution in [0.2, 0.25) is 0 Å². The smallest absolute Gasteiger partial charge is 0.321 e. The molecule has 0 bridgehead atoms. The number of nitrogens with zero attached hydrogens (tertiary/aromatic N) is 1. The summed E-state index contributed by atoms with van der Waals surface area (Å²) in [7, 11) is 1.56. The number of carbonyl (C=O) groups is 3. The van der Waals surface area contributed by atoms with Gasteiger partial charge in [0.25, 0.3) is 0 Å². The van der Waals surface area contributed by atoms with E-state index in [0.717, 1.165) is 0 Å². The zero-order valence-corrected chi connectivity index (χ0v) is 15.1. The van der Waals surface area contributed by atoms with Crippen LogP contribution in [0, 0.1) is 0 Å². The Labute approximate surface area is 147 Å². The molecule has 0 saturated heterocycles. The standard InChI is InChI=1S/C17H26N4O4/c1-17(2,3)20-16(24)19-15(23)11-21(10-9-14(18)22)12-5-7-13(25-4)8-6-12/h5-8H,9-11H2,1-4H3,(H2,18,22)(H2,19,20,23,24). The molecule has 0 aliphatic rings. The number of nitrogens with one attached hydrogen (secondary N) is 2. The monoisotopic (exact) mass is 350 g/mol. The van der Waals surface area contributed by atoms with Gasteiger partial charge in [-0.3, -0.25) is 14.9 Å². The highest BCUT2D eigenvalue weighted by Crippen LogP contribution is 2.19. The van der Waals surface area contributed by atoms with E-state index in [1.54, 1.807) is 36.3 Å². The Kier molecular flexibility index (Phi) is 7.22. The number of ether oxygens (including phenoxy) is 1. The highest BCUT2D eigenvalue weighted by molar-refractivity contribution is 5.96. The highest BCUT2D eigenvalue weighted by atomic mass is 16.5. The Bertz CT molecular complexity index is 608. The molecule has 0 fully saturated rings. The largest absolute Gasteiger partial charge is 0.497 e. The molecule has 0 atom stereocenters. The predicted octanol–water partition coefficient (Wildman–Crippen LogP) is 1.00. The van der Waals surface area contributed by atoms with E-state index in [2.05, 4.69) is 10.6 Å². The summed E-state index contributed by atoms with van der Waals surface area (Å²) in [4.78, 5) is 36.7. The maximum Gasteiger partial charge on any atom is 0.321 e. The second kappa shape index (κ2) is 8.91.